The van der Waals surface area contributed by atoms with Gasteiger partial charge in [0.05, 0.1) is 5.41 Å². The fraction of sp³-hybridized carbons (Fsp3) is 0.429. The van der Waals surface area contributed by atoms with Crippen molar-refractivity contribution in [2.75, 3.05) is 13.1 Å². The summed E-state index contributed by atoms with van der Waals surface area (Å²) in [5, 5.41) is 9.16. The van der Waals surface area contributed by atoms with Gasteiger partial charge in [-0.05, 0) is 31.0 Å². The van der Waals surface area contributed by atoms with Crippen molar-refractivity contribution in [1.29, 1.82) is 0 Å². The molecule has 1 fully saturated rings. The van der Waals surface area contributed by atoms with E-state index in [0.29, 0.717) is 25.1 Å². The van der Waals surface area contributed by atoms with Crippen LogP contribution in [0.15, 0.2) is 24.3 Å². The molecule has 0 aliphatic carbocycles. The maximum absolute atomic E-state index is 12.3. The van der Waals surface area contributed by atoms with Crippen LogP contribution in [0.1, 0.15) is 29.3 Å². The average Bonchev–Trinajstić information content (AvgIpc) is 2.82. The Kier molecular flexibility index (Phi) is 3.57. The molecule has 3 N–H and O–H groups in total. The number of nitrogens with two attached hydrogens (primary N) is 1. The number of hydrogen-bond donors (Lipinski definition) is 2. The summed E-state index contributed by atoms with van der Waals surface area (Å²) >= 11 is 0. The quantitative estimate of drug-likeness (QED) is 0.853. The van der Waals surface area contributed by atoms with E-state index in [-0.39, 0.29) is 12.5 Å². The van der Waals surface area contributed by atoms with Crippen LogP contribution in [0.3, 0.4) is 0 Å². The minimum Gasteiger partial charge on any atom is -0.481 e. The highest BCUT2D eigenvalue weighted by molar-refractivity contribution is 5.95. The Balaban J connectivity index is 2.11. The Morgan fingerprint density at radius 3 is 2.47 bits per heavy atom. The Hall–Kier alpha value is -1.88. The molecule has 1 atom stereocenters. The summed E-state index contributed by atoms with van der Waals surface area (Å²) < 4.78 is 0. The number of carbonyl (C=O) groups excluding carboxylic acids is 1. The van der Waals surface area contributed by atoms with Gasteiger partial charge in [0.15, 0.2) is 0 Å². The summed E-state index contributed by atoms with van der Waals surface area (Å²) in [4.78, 5) is 25.0. The van der Waals surface area contributed by atoms with Gasteiger partial charge in [-0.3, -0.25) is 9.59 Å². The first-order valence-electron chi connectivity index (χ1n) is 6.28. The first-order chi connectivity index (χ1) is 8.96. The van der Waals surface area contributed by atoms with Crippen molar-refractivity contribution >= 4 is 11.9 Å². The number of carboxylic acids is 1. The van der Waals surface area contributed by atoms with Crippen molar-refractivity contribution in [3.63, 3.8) is 0 Å². The van der Waals surface area contributed by atoms with Gasteiger partial charge < -0.3 is 15.7 Å². The Labute approximate surface area is 112 Å². The number of benzene rings is 1. The van der Waals surface area contributed by atoms with E-state index in [1.54, 1.807) is 24.0 Å². The van der Waals surface area contributed by atoms with Crippen LogP contribution in [-0.2, 0) is 11.3 Å². The summed E-state index contributed by atoms with van der Waals surface area (Å²) in [6.45, 7) is 2.87. The van der Waals surface area contributed by atoms with Gasteiger partial charge >= 0.3 is 5.97 Å². The fourth-order valence-corrected chi connectivity index (χ4v) is 2.27. The molecular formula is C14H18N2O3. The molecule has 1 aromatic carbocycles. The van der Waals surface area contributed by atoms with Crippen LogP contribution in [0.25, 0.3) is 0 Å². The van der Waals surface area contributed by atoms with E-state index in [4.69, 9.17) is 10.8 Å². The zero-order valence-electron chi connectivity index (χ0n) is 10.9. The number of amides is 1. The summed E-state index contributed by atoms with van der Waals surface area (Å²) in [6.07, 6.45) is 0.495. The summed E-state index contributed by atoms with van der Waals surface area (Å²) in [6, 6.07) is 7.11. The minimum atomic E-state index is -0.846. The van der Waals surface area contributed by atoms with Gasteiger partial charge in [0.2, 0.25) is 0 Å². The molecule has 1 amide bonds. The van der Waals surface area contributed by atoms with Crippen molar-refractivity contribution in [1.82, 2.24) is 4.90 Å². The number of aliphatic carboxylic acids is 1. The third-order valence-electron chi connectivity index (χ3n) is 3.71. The molecule has 0 bridgehead atoms. The first kappa shape index (κ1) is 13.5. The topological polar surface area (TPSA) is 83.6 Å². The number of rotatable bonds is 3. The Morgan fingerprint density at radius 2 is 2.00 bits per heavy atom. The van der Waals surface area contributed by atoms with E-state index in [0.717, 1.165) is 5.56 Å². The molecule has 19 heavy (non-hydrogen) atoms. The average molecular weight is 262 g/mol. The lowest BCUT2D eigenvalue weighted by Gasteiger charge is -2.20. The first-order valence-corrected chi connectivity index (χ1v) is 6.28. The normalized spacial score (nSPS) is 22.5. The van der Waals surface area contributed by atoms with Gasteiger partial charge in [-0.2, -0.15) is 0 Å². The van der Waals surface area contributed by atoms with Crippen molar-refractivity contribution < 1.29 is 14.7 Å². The monoisotopic (exact) mass is 262 g/mol. The molecule has 1 saturated heterocycles. The van der Waals surface area contributed by atoms with E-state index in [1.165, 1.54) is 0 Å². The lowest BCUT2D eigenvalue weighted by atomic mass is 9.90. The Bertz CT molecular complexity index is 498. The molecule has 0 aromatic heterocycles. The fourth-order valence-electron chi connectivity index (χ4n) is 2.27. The van der Waals surface area contributed by atoms with Crippen molar-refractivity contribution in [2.45, 2.75) is 19.9 Å². The zero-order valence-corrected chi connectivity index (χ0v) is 10.9. The van der Waals surface area contributed by atoms with Gasteiger partial charge in [-0.15, -0.1) is 0 Å². The molecular weight excluding hydrogens is 244 g/mol. The van der Waals surface area contributed by atoms with Crippen molar-refractivity contribution in [3.8, 4) is 0 Å². The maximum Gasteiger partial charge on any atom is 0.311 e. The van der Waals surface area contributed by atoms with Crippen LogP contribution >= 0.6 is 0 Å². The van der Waals surface area contributed by atoms with E-state index in [2.05, 4.69) is 0 Å². The predicted molar refractivity (Wildman–Crippen MR) is 70.6 cm³/mol. The summed E-state index contributed by atoms with van der Waals surface area (Å²) in [5.74, 6) is -0.963. The molecule has 0 saturated carbocycles. The number of carbonyl (C=O) groups is 2. The van der Waals surface area contributed by atoms with E-state index in [1.807, 2.05) is 12.1 Å². The standard InChI is InChI=1S/C14H18N2O3/c1-14(13(18)19)6-7-16(9-14)12(17)11-4-2-10(8-15)3-5-11/h2-5H,6-9,15H2,1H3,(H,18,19). The van der Waals surface area contributed by atoms with Crippen LogP contribution in [0.4, 0.5) is 0 Å². The molecule has 0 spiro atoms. The smallest absolute Gasteiger partial charge is 0.311 e. The highest BCUT2D eigenvalue weighted by Crippen LogP contribution is 2.30. The summed E-state index contributed by atoms with van der Waals surface area (Å²) in [5.41, 5.74) is 6.22. The molecule has 1 aliphatic heterocycles. The SMILES string of the molecule is CC1(C(=O)O)CCN(C(=O)c2ccc(CN)cc2)C1. The summed E-state index contributed by atoms with van der Waals surface area (Å²) in [7, 11) is 0. The van der Waals surface area contributed by atoms with E-state index >= 15 is 0 Å². The molecule has 1 unspecified atom stereocenters. The second-order valence-corrected chi connectivity index (χ2v) is 5.24. The van der Waals surface area contributed by atoms with Crippen LogP contribution < -0.4 is 5.73 Å². The second-order valence-electron chi connectivity index (χ2n) is 5.24. The number of carboxylic acid groups (broad SMARTS) is 1. The number of nitrogens with zero attached hydrogens (tertiary/aromatic N) is 1. The molecule has 1 aromatic rings. The third kappa shape index (κ3) is 2.61. The third-order valence-corrected chi connectivity index (χ3v) is 3.71. The zero-order chi connectivity index (χ0) is 14.0. The van der Waals surface area contributed by atoms with Crippen LogP contribution in [0.5, 0.6) is 0 Å². The van der Waals surface area contributed by atoms with Gasteiger partial charge in [-0.25, -0.2) is 0 Å². The lowest BCUT2D eigenvalue weighted by Crippen LogP contribution is -2.34. The molecule has 1 aliphatic rings. The largest absolute Gasteiger partial charge is 0.481 e. The molecule has 0 radical (unpaired) electrons. The molecule has 2 rings (SSSR count). The number of likely N-dealkylation sites (tertiary alicyclic amines) is 1. The lowest BCUT2D eigenvalue weighted by molar-refractivity contribution is -0.147. The van der Waals surface area contributed by atoms with Crippen LogP contribution in [-0.4, -0.2) is 35.0 Å². The molecule has 5 nitrogen and oxygen atoms in total. The van der Waals surface area contributed by atoms with Crippen molar-refractivity contribution in [2.24, 2.45) is 11.1 Å². The second kappa shape index (κ2) is 5.01. The maximum atomic E-state index is 12.3. The minimum absolute atomic E-state index is 0.117. The molecule has 5 heteroatoms. The van der Waals surface area contributed by atoms with Crippen molar-refractivity contribution in [3.05, 3.63) is 35.4 Å². The van der Waals surface area contributed by atoms with E-state index in [9.17, 15) is 9.59 Å². The van der Waals surface area contributed by atoms with E-state index < -0.39 is 11.4 Å². The van der Waals surface area contributed by atoms with Crippen LogP contribution in [0.2, 0.25) is 0 Å². The molecule has 102 valence electrons. The Morgan fingerprint density at radius 1 is 1.37 bits per heavy atom. The highest BCUT2D eigenvalue weighted by Gasteiger charge is 2.42. The van der Waals surface area contributed by atoms with Gasteiger partial charge in [0, 0.05) is 25.2 Å². The predicted octanol–water partition coefficient (Wildman–Crippen LogP) is 1.08. The van der Waals surface area contributed by atoms with Gasteiger partial charge in [-0.1, -0.05) is 12.1 Å². The molecule has 1 heterocycles. The highest BCUT2D eigenvalue weighted by atomic mass is 16.4. The van der Waals surface area contributed by atoms with Crippen LogP contribution in [0, 0.1) is 5.41 Å². The number of hydrogen-bond acceptors (Lipinski definition) is 3. The van der Waals surface area contributed by atoms with Gasteiger partial charge in [0.25, 0.3) is 5.91 Å². The van der Waals surface area contributed by atoms with Gasteiger partial charge in [0.1, 0.15) is 0 Å².